The molecule has 2 rings (SSSR count). The van der Waals surface area contributed by atoms with E-state index >= 15 is 0 Å². The molecule has 2 heterocycles. The number of hydrogen-bond acceptors (Lipinski definition) is 4. The van der Waals surface area contributed by atoms with Crippen LogP contribution in [0.2, 0.25) is 0 Å². The van der Waals surface area contributed by atoms with Gasteiger partial charge in [0.2, 0.25) is 0 Å². The highest BCUT2D eigenvalue weighted by molar-refractivity contribution is 5.94. The van der Waals surface area contributed by atoms with Crippen LogP contribution < -0.4 is 5.73 Å². The van der Waals surface area contributed by atoms with Gasteiger partial charge in [0.05, 0.1) is 0 Å². The van der Waals surface area contributed by atoms with E-state index in [9.17, 15) is 9.90 Å². The molecule has 80 valence electrons. The Morgan fingerprint density at radius 1 is 1.67 bits per heavy atom. The predicted octanol–water partition coefficient (Wildman–Crippen LogP) is -0.0396. The molecule has 1 amide bonds. The predicted molar refractivity (Wildman–Crippen MR) is 54.4 cm³/mol. The van der Waals surface area contributed by atoms with Crippen LogP contribution in [0.3, 0.4) is 0 Å². The Balaban J connectivity index is 2.18. The van der Waals surface area contributed by atoms with Crippen LogP contribution in [0.25, 0.3) is 0 Å². The number of amides is 1. The Morgan fingerprint density at radius 2 is 2.47 bits per heavy atom. The lowest BCUT2D eigenvalue weighted by Crippen LogP contribution is -2.32. The van der Waals surface area contributed by atoms with E-state index in [1.54, 1.807) is 11.0 Å². The zero-order valence-corrected chi connectivity index (χ0v) is 8.26. The number of carbonyl (C=O) groups excluding carboxylic acids is 1. The summed E-state index contributed by atoms with van der Waals surface area (Å²) in [6, 6.07) is 3.08. The molecule has 1 fully saturated rings. The second-order valence-corrected chi connectivity index (χ2v) is 3.67. The zero-order valence-electron chi connectivity index (χ0n) is 8.26. The largest absolute Gasteiger partial charge is 0.505 e. The lowest BCUT2D eigenvalue weighted by atomic mass is 10.3. The summed E-state index contributed by atoms with van der Waals surface area (Å²) >= 11 is 0. The molecule has 0 bridgehead atoms. The van der Waals surface area contributed by atoms with Crippen molar-refractivity contribution in [1.29, 1.82) is 0 Å². The van der Waals surface area contributed by atoms with E-state index in [1.807, 2.05) is 0 Å². The van der Waals surface area contributed by atoms with Crippen molar-refractivity contribution in [3.8, 4) is 5.75 Å². The topological polar surface area (TPSA) is 79.5 Å². The minimum atomic E-state index is -0.249. The SMILES string of the molecule is NC1CCN(C(=O)c2ncccc2O)C1. The molecule has 0 spiro atoms. The van der Waals surface area contributed by atoms with Crippen molar-refractivity contribution in [2.24, 2.45) is 5.73 Å². The first-order valence-electron chi connectivity index (χ1n) is 4.87. The van der Waals surface area contributed by atoms with E-state index in [0.29, 0.717) is 13.1 Å². The van der Waals surface area contributed by atoms with Gasteiger partial charge in [-0.1, -0.05) is 0 Å². The molecule has 1 aliphatic heterocycles. The second kappa shape index (κ2) is 3.86. The maximum absolute atomic E-state index is 11.9. The number of nitrogens with two attached hydrogens (primary N) is 1. The quantitative estimate of drug-likeness (QED) is 0.677. The first kappa shape index (κ1) is 9.92. The summed E-state index contributed by atoms with van der Waals surface area (Å²) in [5.41, 5.74) is 5.81. The highest BCUT2D eigenvalue weighted by Gasteiger charge is 2.26. The molecule has 5 heteroatoms. The van der Waals surface area contributed by atoms with Gasteiger partial charge in [0.25, 0.3) is 5.91 Å². The molecule has 1 aromatic rings. The lowest BCUT2D eigenvalue weighted by Gasteiger charge is -2.15. The van der Waals surface area contributed by atoms with Crippen LogP contribution in [0.1, 0.15) is 16.9 Å². The number of hydrogen-bond donors (Lipinski definition) is 2. The number of likely N-dealkylation sites (tertiary alicyclic amines) is 1. The summed E-state index contributed by atoms with van der Waals surface area (Å²) in [6.45, 7) is 1.17. The van der Waals surface area contributed by atoms with E-state index in [-0.39, 0.29) is 23.4 Å². The molecule has 3 N–H and O–H groups in total. The van der Waals surface area contributed by atoms with Gasteiger partial charge in [-0.3, -0.25) is 4.79 Å². The van der Waals surface area contributed by atoms with Gasteiger partial charge in [-0.25, -0.2) is 4.98 Å². The summed E-state index contributed by atoms with van der Waals surface area (Å²) in [5.74, 6) is -0.330. The maximum Gasteiger partial charge on any atom is 0.276 e. The Bertz CT molecular complexity index is 381. The minimum Gasteiger partial charge on any atom is -0.505 e. The fourth-order valence-electron chi connectivity index (χ4n) is 1.68. The molecule has 0 radical (unpaired) electrons. The van der Waals surface area contributed by atoms with Crippen molar-refractivity contribution in [2.75, 3.05) is 13.1 Å². The molecule has 1 atom stereocenters. The molecule has 1 saturated heterocycles. The Labute approximate surface area is 87.5 Å². The maximum atomic E-state index is 11.9. The summed E-state index contributed by atoms with van der Waals surface area (Å²) in [4.78, 5) is 17.3. The van der Waals surface area contributed by atoms with Crippen molar-refractivity contribution in [3.05, 3.63) is 24.0 Å². The average Bonchev–Trinajstić information content (AvgIpc) is 2.65. The van der Waals surface area contributed by atoms with Crippen LogP contribution in [-0.2, 0) is 0 Å². The minimum absolute atomic E-state index is 0.0415. The number of pyridine rings is 1. The number of aromatic hydroxyl groups is 1. The molecular formula is C10H13N3O2. The van der Waals surface area contributed by atoms with Crippen molar-refractivity contribution >= 4 is 5.91 Å². The van der Waals surface area contributed by atoms with Gasteiger partial charge >= 0.3 is 0 Å². The van der Waals surface area contributed by atoms with Gasteiger partial charge in [0, 0.05) is 25.3 Å². The number of carbonyl (C=O) groups is 1. The first-order chi connectivity index (χ1) is 7.18. The van der Waals surface area contributed by atoms with E-state index in [2.05, 4.69) is 4.98 Å². The fourth-order valence-corrected chi connectivity index (χ4v) is 1.68. The van der Waals surface area contributed by atoms with Crippen molar-refractivity contribution in [1.82, 2.24) is 9.88 Å². The van der Waals surface area contributed by atoms with Crippen LogP contribution in [0, 0.1) is 0 Å². The number of rotatable bonds is 1. The van der Waals surface area contributed by atoms with Crippen LogP contribution in [0.4, 0.5) is 0 Å². The summed E-state index contributed by atoms with van der Waals surface area (Å²) in [7, 11) is 0. The third-order valence-electron chi connectivity index (χ3n) is 2.50. The van der Waals surface area contributed by atoms with Crippen molar-refractivity contribution in [2.45, 2.75) is 12.5 Å². The molecule has 0 aliphatic carbocycles. The van der Waals surface area contributed by atoms with E-state index in [0.717, 1.165) is 6.42 Å². The van der Waals surface area contributed by atoms with Gasteiger partial charge in [0.1, 0.15) is 5.75 Å². The van der Waals surface area contributed by atoms with Crippen LogP contribution in [0.15, 0.2) is 18.3 Å². The Kier molecular flexibility index (Phi) is 2.55. The monoisotopic (exact) mass is 207 g/mol. The van der Waals surface area contributed by atoms with Crippen molar-refractivity contribution in [3.63, 3.8) is 0 Å². The standard InChI is InChI=1S/C10H13N3O2/c11-7-3-5-13(6-7)10(15)9-8(14)2-1-4-12-9/h1-2,4,7,14H,3,5-6,11H2. The molecule has 1 aliphatic rings. The van der Waals surface area contributed by atoms with Gasteiger partial charge < -0.3 is 15.7 Å². The lowest BCUT2D eigenvalue weighted by molar-refractivity contribution is 0.0782. The van der Waals surface area contributed by atoms with Gasteiger partial charge in [-0.2, -0.15) is 0 Å². The summed E-state index contributed by atoms with van der Waals surface area (Å²) in [6.07, 6.45) is 2.29. The number of aromatic nitrogens is 1. The van der Waals surface area contributed by atoms with Crippen LogP contribution in [0.5, 0.6) is 5.75 Å². The van der Waals surface area contributed by atoms with Crippen LogP contribution in [-0.4, -0.2) is 40.0 Å². The molecule has 0 aromatic carbocycles. The molecule has 5 nitrogen and oxygen atoms in total. The van der Waals surface area contributed by atoms with Gasteiger partial charge in [0.15, 0.2) is 5.69 Å². The van der Waals surface area contributed by atoms with E-state index < -0.39 is 0 Å². The molecule has 0 saturated carbocycles. The van der Waals surface area contributed by atoms with E-state index in [1.165, 1.54) is 12.3 Å². The first-order valence-corrected chi connectivity index (χ1v) is 4.87. The smallest absolute Gasteiger partial charge is 0.276 e. The Hall–Kier alpha value is -1.62. The van der Waals surface area contributed by atoms with Gasteiger partial charge in [-0.15, -0.1) is 0 Å². The number of nitrogens with zero attached hydrogens (tertiary/aromatic N) is 2. The highest BCUT2D eigenvalue weighted by Crippen LogP contribution is 2.17. The third kappa shape index (κ3) is 1.92. The second-order valence-electron chi connectivity index (χ2n) is 3.67. The van der Waals surface area contributed by atoms with Gasteiger partial charge in [-0.05, 0) is 18.6 Å². The summed E-state index contributed by atoms with van der Waals surface area (Å²) in [5, 5.41) is 9.47. The highest BCUT2D eigenvalue weighted by atomic mass is 16.3. The molecule has 1 aromatic heterocycles. The molecule has 1 unspecified atom stereocenters. The normalized spacial score (nSPS) is 20.6. The molecular weight excluding hydrogens is 194 g/mol. The van der Waals surface area contributed by atoms with Crippen molar-refractivity contribution < 1.29 is 9.90 Å². The third-order valence-corrected chi connectivity index (χ3v) is 2.50. The summed E-state index contributed by atoms with van der Waals surface area (Å²) < 4.78 is 0. The zero-order chi connectivity index (χ0) is 10.8. The van der Waals surface area contributed by atoms with Crippen LogP contribution >= 0.6 is 0 Å². The average molecular weight is 207 g/mol. The van der Waals surface area contributed by atoms with E-state index in [4.69, 9.17) is 5.73 Å². The molecule has 15 heavy (non-hydrogen) atoms. The Morgan fingerprint density at radius 3 is 3.07 bits per heavy atom. The fraction of sp³-hybridized carbons (Fsp3) is 0.400.